The lowest BCUT2D eigenvalue weighted by atomic mass is 10.0. The SMILES string of the molecule is C=CC(=O)Nc1cc(Nc2cc(N3OCCC3c3cccc(OC)c3)ncn2)c(OC)cc1N1CCC(N2CCN(C(C)=O)CC2)CC1. The molecule has 0 aliphatic carbocycles. The predicted octanol–water partition coefficient (Wildman–Crippen LogP) is 4.38. The molecular weight excluding hydrogens is 612 g/mol. The van der Waals surface area contributed by atoms with Gasteiger partial charge in [0.15, 0.2) is 5.82 Å². The minimum absolute atomic E-state index is 0.0355. The number of nitrogens with one attached hydrogen (secondary N) is 2. The van der Waals surface area contributed by atoms with Crippen LogP contribution >= 0.6 is 0 Å². The Morgan fingerprint density at radius 1 is 0.958 bits per heavy atom. The van der Waals surface area contributed by atoms with E-state index in [4.69, 9.17) is 14.3 Å². The number of piperazine rings is 1. The molecule has 2 aromatic carbocycles. The second kappa shape index (κ2) is 14.9. The maximum atomic E-state index is 12.6. The molecule has 3 aliphatic heterocycles. The number of hydrogen-bond donors (Lipinski definition) is 2. The van der Waals surface area contributed by atoms with Crippen molar-refractivity contribution in [2.24, 2.45) is 0 Å². The first-order valence-corrected chi connectivity index (χ1v) is 16.4. The summed E-state index contributed by atoms with van der Waals surface area (Å²) in [6.07, 6.45) is 5.52. The highest BCUT2D eigenvalue weighted by atomic mass is 16.7. The molecule has 1 aromatic heterocycles. The van der Waals surface area contributed by atoms with Crippen LogP contribution in [0.5, 0.6) is 11.5 Å². The quantitative estimate of drug-likeness (QED) is 0.302. The molecule has 3 fully saturated rings. The van der Waals surface area contributed by atoms with Gasteiger partial charge in [-0.2, -0.15) is 0 Å². The Morgan fingerprint density at radius 3 is 2.46 bits per heavy atom. The van der Waals surface area contributed by atoms with E-state index < -0.39 is 0 Å². The topological polar surface area (TPSA) is 125 Å². The predicted molar refractivity (Wildman–Crippen MR) is 185 cm³/mol. The summed E-state index contributed by atoms with van der Waals surface area (Å²) in [7, 11) is 3.28. The fraction of sp³-hybridized carbons (Fsp3) is 0.429. The van der Waals surface area contributed by atoms with E-state index in [1.165, 1.54) is 12.4 Å². The largest absolute Gasteiger partial charge is 0.497 e. The van der Waals surface area contributed by atoms with E-state index in [0.717, 1.165) is 75.5 Å². The Kier molecular flexibility index (Phi) is 10.3. The third-order valence-corrected chi connectivity index (χ3v) is 9.37. The van der Waals surface area contributed by atoms with Gasteiger partial charge in [-0.3, -0.25) is 19.3 Å². The number of aromatic nitrogens is 2. The third-order valence-electron chi connectivity index (χ3n) is 9.37. The number of benzene rings is 2. The Morgan fingerprint density at radius 2 is 1.75 bits per heavy atom. The molecule has 0 saturated carbocycles. The van der Waals surface area contributed by atoms with Crippen LogP contribution < -0.4 is 30.1 Å². The minimum atomic E-state index is -0.301. The Labute approximate surface area is 281 Å². The summed E-state index contributed by atoms with van der Waals surface area (Å²) >= 11 is 0. The van der Waals surface area contributed by atoms with Gasteiger partial charge < -0.3 is 29.9 Å². The number of ether oxygens (including phenoxy) is 2. The Hall–Kier alpha value is -4.88. The van der Waals surface area contributed by atoms with E-state index in [1.807, 2.05) is 46.4 Å². The summed E-state index contributed by atoms with van der Waals surface area (Å²) in [6, 6.07) is 14.0. The molecule has 254 valence electrons. The van der Waals surface area contributed by atoms with Gasteiger partial charge in [0.05, 0.1) is 43.9 Å². The molecule has 1 unspecified atom stereocenters. The first-order valence-electron chi connectivity index (χ1n) is 16.4. The number of rotatable bonds is 10. The molecule has 6 rings (SSSR count). The molecule has 13 heteroatoms. The van der Waals surface area contributed by atoms with Crippen molar-refractivity contribution in [1.29, 1.82) is 0 Å². The number of nitrogens with zero attached hydrogens (tertiary/aromatic N) is 6. The van der Waals surface area contributed by atoms with Crippen molar-refractivity contribution in [2.75, 3.05) is 80.7 Å². The number of carbonyl (C=O) groups excluding carboxylic acids is 2. The van der Waals surface area contributed by atoms with Gasteiger partial charge in [0, 0.05) is 70.8 Å². The van der Waals surface area contributed by atoms with Crippen LogP contribution in [-0.4, -0.2) is 97.7 Å². The molecule has 3 aliphatic rings. The van der Waals surface area contributed by atoms with E-state index in [-0.39, 0.29) is 17.9 Å². The van der Waals surface area contributed by atoms with Crippen molar-refractivity contribution in [3.05, 3.63) is 67.0 Å². The molecule has 0 radical (unpaired) electrons. The highest BCUT2D eigenvalue weighted by Gasteiger charge is 2.31. The summed E-state index contributed by atoms with van der Waals surface area (Å²) in [5.74, 6) is 2.38. The van der Waals surface area contributed by atoms with Crippen LogP contribution in [0.25, 0.3) is 0 Å². The molecule has 48 heavy (non-hydrogen) atoms. The minimum Gasteiger partial charge on any atom is -0.497 e. The first-order chi connectivity index (χ1) is 23.4. The molecule has 13 nitrogen and oxygen atoms in total. The van der Waals surface area contributed by atoms with Crippen molar-refractivity contribution in [3.8, 4) is 11.5 Å². The smallest absolute Gasteiger partial charge is 0.247 e. The molecule has 0 bridgehead atoms. The molecule has 4 heterocycles. The van der Waals surface area contributed by atoms with Crippen molar-refractivity contribution in [2.45, 2.75) is 38.3 Å². The lowest BCUT2D eigenvalue weighted by Gasteiger charge is -2.43. The van der Waals surface area contributed by atoms with Gasteiger partial charge in [-0.15, -0.1) is 0 Å². The van der Waals surface area contributed by atoms with Crippen LogP contribution in [0.15, 0.2) is 61.4 Å². The Bertz CT molecular complexity index is 1620. The molecule has 1 atom stereocenters. The average Bonchev–Trinajstić information content (AvgIpc) is 3.62. The number of carbonyl (C=O) groups is 2. The number of piperidine rings is 1. The number of hydroxylamine groups is 1. The van der Waals surface area contributed by atoms with Gasteiger partial charge in [0.25, 0.3) is 0 Å². The van der Waals surface area contributed by atoms with Gasteiger partial charge in [-0.1, -0.05) is 18.7 Å². The van der Waals surface area contributed by atoms with Crippen LogP contribution in [0.1, 0.15) is 37.8 Å². The summed E-state index contributed by atoms with van der Waals surface area (Å²) in [5, 5.41) is 8.19. The highest BCUT2D eigenvalue weighted by molar-refractivity contribution is 6.02. The first kappa shape index (κ1) is 33.0. The number of methoxy groups -OCH3 is 2. The molecule has 2 N–H and O–H groups in total. The monoisotopic (exact) mass is 656 g/mol. The fourth-order valence-electron chi connectivity index (χ4n) is 6.78. The van der Waals surface area contributed by atoms with E-state index in [9.17, 15) is 9.59 Å². The van der Waals surface area contributed by atoms with Crippen molar-refractivity contribution < 1.29 is 23.9 Å². The lowest BCUT2D eigenvalue weighted by Crippen LogP contribution is -2.54. The zero-order valence-corrected chi connectivity index (χ0v) is 27.9. The van der Waals surface area contributed by atoms with Crippen LogP contribution in [0, 0.1) is 0 Å². The average molecular weight is 657 g/mol. The zero-order valence-electron chi connectivity index (χ0n) is 27.9. The second-order valence-electron chi connectivity index (χ2n) is 12.1. The standard InChI is InChI=1S/C35H44N8O5/c1-5-35(45)39-28-20-29(32(47-4)21-31(28)42-12-9-26(10-13-42)41-16-14-40(15-17-41)24(2)44)38-33-22-34(37-23-36-33)43-30(11-18-48-43)25-7-6-8-27(19-25)46-3/h5-8,19-23,26,30H,1,9-18H2,2-4H3,(H,39,45)(H,36,37,38). The van der Waals surface area contributed by atoms with Crippen LogP contribution in [-0.2, 0) is 14.4 Å². The molecular formula is C35H44N8O5. The normalized spacial score (nSPS) is 18.8. The Balaban J connectivity index is 1.20. The number of amides is 2. The lowest BCUT2D eigenvalue weighted by molar-refractivity contribution is -0.131. The van der Waals surface area contributed by atoms with Gasteiger partial charge in [0.2, 0.25) is 11.8 Å². The van der Waals surface area contributed by atoms with Crippen LogP contribution in [0.2, 0.25) is 0 Å². The zero-order chi connectivity index (χ0) is 33.6. The van der Waals surface area contributed by atoms with Gasteiger partial charge >= 0.3 is 0 Å². The van der Waals surface area contributed by atoms with Crippen LogP contribution in [0.3, 0.4) is 0 Å². The van der Waals surface area contributed by atoms with Gasteiger partial charge in [-0.25, -0.2) is 15.0 Å². The summed E-state index contributed by atoms with van der Waals surface area (Å²) in [6.45, 7) is 10.8. The van der Waals surface area contributed by atoms with Gasteiger partial charge in [0.1, 0.15) is 23.6 Å². The van der Waals surface area contributed by atoms with Crippen molar-refractivity contribution >= 4 is 40.5 Å². The van der Waals surface area contributed by atoms with Gasteiger partial charge in [-0.05, 0) is 42.7 Å². The molecule has 3 saturated heterocycles. The van der Waals surface area contributed by atoms with E-state index >= 15 is 0 Å². The molecule has 0 spiro atoms. The summed E-state index contributed by atoms with van der Waals surface area (Å²) < 4.78 is 11.3. The molecule has 2 amide bonds. The van der Waals surface area contributed by atoms with E-state index in [1.54, 1.807) is 21.1 Å². The van der Waals surface area contributed by atoms with E-state index in [2.05, 4.69) is 43.0 Å². The maximum absolute atomic E-state index is 12.6. The summed E-state index contributed by atoms with van der Waals surface area (Å²) in [5.41, 5.74) is 3.23. The number of hydrogen-bond acceptors (Lipinski definition) is 11. The number of anilines is 5. The van der Waals surface area contributed by atoms with Crippen molar-refractivity contribution in [1.82, 2.24) is 19.8 Å². The second-order valence-corrected chi connectivity index (χ2v) is 12.1. The maximum Gasteiger partial charge on any atom is 0.247 e. The van der Waals surface area contributed by atoms with Crippen molar-refractivity contribution in [3.63, 3.8) is 0 Å². The fourth-order valence-corrected chi connectivity index (χ4v) is 6.78. The third kappa shape index (κ3) is 7.32. The highest BCUT2D eigenvalue weighted by Crippen LogP contribution is 2.41. The summed E-state index contributed by atoms with van der Waals surface area (Å²) in [4.78, 5) is 46.1. The van der Waals surface area contributed by atoms with E-state index in [0.29, 0.717) is 41.4 Å². The van der Waals surface area contributed by atoms with Crippen LogP contribution in [0.4, 0.5) is 28.7 Å². The molecule has 3 aromatic rings.